The molecular formula is C10H10F3. The topological polar surface area (TPSA) is 0 Å². The van der Waals surface area contributed by atoms with Crippen LogP contribution >= 0.6 is 0 Å². The van der Waals surface area contributed by atoms with Crippen molar-refractivity contribution in [3.05, 3.63) is 35.4 Å². The standard InChI is InChI=1S/C10H10F3/c1-2-5-8-6-3-4-7-9(8)10(11,12)13/h3,6-7H,2,5H2,1H3. The molecule has 0 aliphatic carbocycles. The summed E-state index contributed by atoms with van der Waals surface area (Å²) in [5.41, 5.74) is -0.203. The Labute approximate surface area is 75.4 Å². The first-order chi connectivity index (χ1) is 6.05. The number of alkyl halides is 3. The minimum Gasteiger partial charge on any atom is -0.166 e. The Morgan fingerprint density at radius 2 is 2.08 bits per heavy atom. The molecule has 0 heterocycles. The predicted octanol–water partition coefficient (Wildman–Crippen LogP) is 3.46. The smallest absolute Gasteiger partial charge is 0.166 e. The lowest BCUT2D eigenvalue weighted by molar-refractivity contribution is -0.138. The van der Waals surface area contributed by atoms with E-state index in [0.29, 0.717) is 18.4 Å². The molecule has 0 nitrogen and oxygen atoms in total. The summed E-state index contributed by atoms with van der Waals surface area (Å²) < 4.78 is 37.1. The van der Waals surface area contributed by atoms with Crippen molar-refractivity contribution >= 4 is 0 Å². The quantitative estimate of drug-likeness (QED) is 0.665. The van der Waals surface area contributed by atoms with Crippen molar-refractivity contribution in [1.82, 2.24) is 0 Å². The molecule has 0 amide bonds. The third-order valence-corrected chi connectivity index (χ3v) is 1.78. The summed E-state index contributed by atoms with van der Waals surface area (Å²) >= 11 is 0. The third-order valence-electron chi connectivity index (χ3n) is 1.78. The summed E-state index contributed by atoms with van der Waals surface area (Å²) in [5.74, 6) is 0. The van der Waals surface area contributed by atoms with Crippen LogP contribution in [0, 0.1) is 6.07 Å². The van der Waals surface area contributed by atoms with E-state index in [1.165, 1.54) is 12.1 Å². The van der Waals surface area contributed by atoms with Crippen molar-refractivity contribution in [3.63, 3.8) is 0 Å². The number of hydrogen-bond acceptors (Lipinski definition) is 0. The van der Waals surface area contributed by atoms with Crippen LogP contribution in [0.1, 0.15) is 24.5 Å². The van der Waals surface area contributed by atoms with Gasteiger partial charge in [0.05, 0.1) is 5.56 Å². The second-order valence-corrected chi connectivity index (χ2v) is 2.83. The minimum absolute atomic E-state index is 0.355. The Morgan fingerprint density at radius 1 is 1.38 bits per heavy atom. The van der Waals surface area contributed by atoms with E-state index in [2.05, 4.69) is 6.07 Å². The van der Waals surface area contributed by atoms with Crippen molar-refractivity contribution < 1.29 is 13.2 Å². The molecule has 0 aliphatic rings. The molecule has 71 valence electrons. The summed E-state index contributed by atoms with van der Waals surface area (Å²) in [5, 5.41) is 0. The molecular weight excluding hydrogens is 177 g/mol. The molecule has 0 unspecified atom stereocenters. The second-order valence-electron chi connectivity index (χ2n) is 2.83. The highest BCUT2D eigenvalue weighted by Crippen LogP contribution is 2.32. The average molecular weight is 187 g/mol. The lowest BCUT2D eigenvalue weighted by atomic mass is 10.0. The fourth-order valence-electron chi connectivity index (χ4n) is 1.21. The lowest BCUT2D eigenvalue weighted by Crippen LogP contribution is -2.08. The highest BCUT2D eigenvalue weighted by molar-refractivity contribution is 5.29. The average Bonchev–Trinajstić information content (AvgIpc) is 2.04. The summed E-state index contributed by atoms with van der Waals surface area (Å²) in [6.45, 7) is 1.86. The Hall–Kier alpha value is -0.990. The molecule has 0 saturated heterocycles. The number of rotatable bonds is 2. The molecule has 1 aromatic rings. The maximum atomic E-state index is 12.4. The van der Waals surface area contributed by atoms with Gasteiger partial charge in [0, 0.05) is 0 Å². The van der Waals surface area contributed by atoms with Gasteiger partial charge in [-0.05, 0) is 24.1 Å². The van der Waals surface area contributed by atoms with E-state index < -0.39 is 11.7 Å². The van der Waals surface area contributed by atoms with Gasteiger partial charge in [-0.25, -0.2) is 0 Å². The van der Waals surface area contributed by atoms with Crippen LogP contribution in [0.4, 0.5) is 13.2 Å². The molecule has 0 atom stereocenters. The van der Waals surface area contributed by atoms with Gasteiger partial charge < -0.3 is 0 Å². The third kappa shape index (κ3) is 2.47. The SMILES string of the molecule is CCCc1cc[c]cc1C(F)(F)F. The van der Waals surface area contributed by atoms with Gasteiger partial charge in [0.1, 0.15) is 0 Å². The zero-order chi connectivity index (χ0) is 9.90. The fraction of sp³-hybridized carbons (Fsp3) is 0.400. The van der Waals surface area contributed by atoms with Gasteiger partial charge in [0.2, 0.25) is 0 Å². The molecule has 3 heteroatoms. The monoisotopic (exact) mass is 187 g/mol. The largest absolute Gasteiger partial charge is 0.416 e. The zero-order valence-corrected chi connectivity index (χ0v) is 7.28. The summed E-state index contributed by atoms with van der Waals surface area (Å²) in [7, 11) is 0. The highest BCUT2D eigenvalue weighted by atomic mass is 19.4. The number of benzene rings is 1. The first-order valence-electron chi connectivity index (χ1n) is 4.12. The van der Waals surface area contributed by atoms with Crippen LogP contribution in [0.2, 0.25) is 0 Å². The van der Waals surface area contributed by atoms with Crippen LogP contribution in [0.3, 0.4) is 0 Å². The van der Waals surface area contributed by atoms with Crippen LogP contribution in [0.15, 0.2) is 18.2 Å². The highest BCUT2D eigenvalue weighted by Gasteiger charge is 2.32. The molecule has 1 rings (SSSR count). The maximum absolute atomic E-state index is 12.4. The molecule has 0 saturated carbocycles. The van der Waals surface area contributed by atoms with Gasteiger partial charge in [0.15, 0.2) is 0 Å². The fourth-order valence-corrected chi connectivity index (χ4v) is 1.21. The van der Waals surface area contributed by atoms with Crippen molar-refractivity contribution in [2.24, 2.45) is 0 Å². The molecule has 0 fully saturated rings. The van der Waals surface area contributed by atoms with Crippen LogP contribution in [-0.4, -0.2) is 0 Å². The molecule has 1 radical (unpaired) electrons. The minimum atomic E-state index is -4.25. The summed E-state index contributed by atoms with van der Waals surface area (Å²) in [6, 6.07) is 6.44. The summed E-state index contributed by atoms with van der Waals surface area (Å²) in [6.07, 6.45) is -3.07. The number of aryl methyl sites for hydroxylation is 1. The van der Waals surface area contributed by atoms with E-state index in [0.717, 1.165) is 6.07 Å². The van der Waals surface area contributed by atoms with E-state index in [1.54, 1.807) is 0 Å². The number of halogens is 3. The molecule has 0 aromatic heterocycles. The molecule has 0 spiro atoms. The lowest BCUT2D eigenvalue weighted by Gasteiger charge is -2.11. The van der Waals surface area contributed by atoms with Crippen LogP contribution in [-0.2, 0) is 12.6 Å². The molecule has 0 aliphatic heterocycles. The zero-order valence-electron chi connectivity index (χ0n) is 7.28. The first-order valence-corrected chi connectivity index (χ1v) is 4.12. The van der Waals surface area contributed by atoms with E-state index >= 15 is 0 Å². The van der Waals surface area contributed by atoms with E-state index in [9.17, 15) is 13.2 Å². The normalized spacial score (nSPS) is 11.7. The second kappa shape index (κ2) is 3.81. The van der Waals surface area contributed by atoms with E-state index in [-0.39, 0.29) is 0 Å². The summed E-state index contributed by atoms with van der Waals surface area (Å²) in [4.78, 5) is 0. The van der Waals surface area contributed by atoms with Gasteiger partial charge in [-0.15, -0.1) is 0 Å². The van der Waals surface area contributed by atoms with Gasteiger partial charge in [-0.1, -0.05) is 25.5 Å². The van der Waals surface area contributed by atoms with Crippen molar-refractivity contribution in [3.8, 4) is 0 Å². The Morgan fingerprint density at radius 3 is 2.62 bits per heavy atom. The van der Waals surface area contributed by atoms with Gasteiger partial charge >= 0.3 is 6.18 Å². The van der Waals surface area contributed by atoms with Crippen LogP contribution < -0.4 is 0 Å². The molecule has 0 N–H and O–H groups in total. The predicted molar refractivity (Wildman–Crippen MR) is 44.3 cm³/mol. The van der Waals surface area contributed by atoms with E-state index in [4.69, 9.17) is 0 Å². The van der Waals surface area contributed by atoms with Gasteiger partial charge in [0.25, 0.3) is 0 Å². The van der Waals surface area contributed by atoms with Crippen molar-refractivity contribution in [2.75, 3.05) is 0 Å². The number of hydrogen-bond donors (Lipinski definition) is 0. The Balaban J connectivity index is 3.05. The van der Waals surface area contributed by atoms with Crippen LogP contribution in [0.5, 0.6) is 0 Å². The molecule has 0 bridgehead atoms. The molecule has 13 heavy (non-hydrogen) atoms. The van der Waals surface area contributed by atoms with Gasteiger partial charge in [-0.3, -0.25) is 0 Å². The van der Waals surface area contributed by atoms with Crippen molar-refractivity contribution in [2.45, 2.75) is 25.9 Å². The maximum Gasteiger partial charge on any atom is 0.416 e. The van der Waals surface area contributed by atoms with Crippen molar-refractivity contribution in [1.29, 1.82) is 0 Å². The molecule has 1 aromatic carbocycles. The Kier molecular flexibility index (Phi) is 2.96. The van der Waals surface area contributed by atoms with Gasteiger partial charge in [-0.2, -0.15) is 13.2 Å². The first kappa shape index (κ1) is 10.1. The Bertz CT molecular complexity index is 276. The van der Waals surface area contributed by atoms with E-state index in [1.807, 2.05) is 6.92 Å². The van der Waals surface area contributed by atoms with Crippen LogP contribution in [0.25, 0.3) is 0 Å².